The summed E-state index contributed by atoms with van der Waals surface area (Å²) in [5.74, 6) is -0.643. The molecular weight excluding hydrogens is 264 g/mol. The van der Waals surface area contributed by atoms with Gasteiger partial charge in [-0.3, -0.25) is 4.79 Å². The summed E-state index contributed by atoms with van der Waals surface area (Å²) in [6.07, 6.45) is -0.863. The second-order valence-electron chi connectivity index (χ2n) is 3.56. The number of hydrogen-bond acceptors (Lipinski definition) is 5. The molecule has 1 saturated heterocycles. The molecule has 0 spiro atoms. The molecule has 1 amide bonds. The monoisotopic (exact) mass is 276 g/mol. The van der Waals surface area contributed by atoms with Crippen LogP contribution in [-0.4, -0.2) is 44.4 Å². The van der Waals surface area contributed by atoms with Crippen LogP contribution < -0.4 is 5.73 Å². The number of thiophene rings is 1. The maximum absolute atomic E-state index is 12.1. The molecule has 94 valence electrons. The van der Waals surface area contributed by atoms with Gasteiger partial charge in [-0.25, -0.2) is 8.42 Å². The van der Waals surface area contributed by atoms with Crippen LogP contribution in [-0.2, 0) is 19.6 Å². The van der Waals surface area contributed by atoms with Crippen LogP contribution >= 0.6 is 11.3 Å². The van der Waals surface area contributed by atoms with E-state index >= 15 is 0 Å². The van der Waals surface area contributed by atoms with Crippen molar-refractivity contribution >= 4 is 27.3 Å². The van der Waals surface area contributed by atoms with Gasteiger partial charge in [0.25, 0.3) is 10.0 Å². The van der Waals surface area contributed by atoms with Crippen molar-refractivity contribution in [3.8, 4) is 0 Å². The molecular formula is C9H12N2O4S2. The highest BCUT2D eigenvalue weighted by Crippen LogP contribution is 2.22. The summed E-state index contributed by atoms with van der Waals surface area (Å²) >= 11 is 1.15. The van der Waals surface area contributed by atoms with E-state index in [1.54, 1.807) is 11.4 Å². The van der Waals surface area contributed by atoms with Crippen molar-refractivity contribution in [3.05, 3.63) is 17.5 Å². The quantitative estimate of drug-likeness (QED) is 0.815. The summed E-state index contributed by atoms with van der Waals surface area (Å²) in [5.41, 5.74) is 5.11. The van der Waals surface area contributed by atoms with Crippen molar-refractivity contribution in [1.29, 1.82) is 0 Å². The first-order valence-corrected chi connectivity index (χ1v) is 7.28. The average Bonchev–Trinajstić information content (AvgIpc) is 2.83. The zero-order chi connectivity index (χ0) is 12.5. The summed E-state index contributed by atoms with van der Waals surface area (Å²) in [6.45, 7) is 0.401. The zero-order valence-corrected chi connectivity index (χ0v) is 10.5. The molecule has 0 saturated carbocycles. The highest BCUT2D eigenvalue weighted by molar-refractivity contribution is 7.91. The number of nitrogens with zero attached hydrogens (tertiary/aromatic N) is 1. The van der Waals surface area contributed by atoms with Crippen LogP contribution in [0.5, 0.6) is 0 Å². The lowest BCUT2D eigenvalue weighted by Crippen LogP contribution is -2.50. The summed E-state index contributed by atoms with van der Waals surface area (Å²) < 4.78 is 30.9. The Morgan fingerprint density at radius 1 is 1.59 bits per heavy atom. The van der Waals surface area contributed by atoms with E-state index < -0.39 is 22.0 Å². The number of rotatable bonds is 3. The molecule has 8 heteroatoms. The number of primary amides is 1. The van der Waals surface area contributed by atoms with Gasteiger partial charge in [-0.2, -0.15) is 4.31 Å². The largest absolute Gasteiger partial charge is 0.367 e. The third-order valence-corrected chi connectivity index (χ3v) is 5.67. The van der Waals surface area contributed by atoms with Gasteiger partial charge in [0.2, 0.25) is 5.91 Å². The fraction of sp³-hybridized carbons (Fsp3) is 0.444. The lowest BCUT2D eigenvalue weighted by molar-refractivity contribution is -0.132. The fourth-order valence-electron chi connectivity index (χ4n) is 1.55. The Kier molecular flexibility index (Phi) is 3.48. The lowest BCUT2D eigenvalue weighted by Gasteiger charge is -2.30. The van der Waals surface area contributed by atoms with E-state index in [1.165, 1.54) is 10.4 Å². The summed E-state index contributed by atoms with van der Waals surface area (Å²) in [7, 11) is -3.52. The van der Waals surface area contributed by atoms with Crippen molar-refractivity contribution in [1.82, 2.24) is 4.31 Å². The molecule has 0 aromatic carbocycles. The van der Waals surface area contributed by atoms with Crippen molar-refractivity contribution in [2.75, 3.05) is 19.7 Å². The third kappa shape index (κ3) is 2.49. The number of amides is 1. The first-order chi connectivity index (χ1) is 8.01. The van der Waals surface area contributed by atoms with Gasteiger partial charge in [0.05, 0.1) is 6.61 Å². The molecule has 17 heavy (non-hydrogen) atoms. The molecule has 0 aliphatic carbocycles. The molecule has 2 N–H and O–H groups in total. The van der Waals surface area contributed by atoms with Crippen LogP contribution in [0.1, 0.15) is 0 Å². The van der Waals surface area contributed by atoms with Crippen LogP contribution in [0.3, 0.4) is 0 Å². The molecule has 1 aromatic rings. The molecule has 1 fully saturated rings. The predicted molar refractivity (Wildman–Crippen MR) is 62.0 cm³/mol. The van der Waals surface area contributed by atoms with Gasteiger partial charge < -0.3 is 10.5 Å². The molecule has 0 radical (unpaired) electrons. The van der Waals surface area contributed by atoms with Crippen LogP contribution in [0.4, 0.5) is 0 Å². The second kappa shape index (κ2) is 4.73. The van der Waals surface area contributed by atoms with Crippen molar-refractivity contribution in [3.63, 3.8) is 0 Å². The zero-order valence-electron chi connectivity index (χ0n) is 8.90. The molecule has 0 unspecified atom stereocenters. The van der Waals surface area contributed by atoms with E-state index in [9.17, 15) is 13.2 Å². The maximum Gasteiger partial charge on any atom is 0.252 e. The van der Waals surface area contributed by atoms with Crippen LogP contribution in [0.25, 0.3) is 0 Å². The number of morpholine rings is 1. The minimum absolute atomic E-state index is 0.0183. The van der Waals surface area contributed by atoms with Crippen LogP contribution in [0.15, 0.2) is 21.7 Å². The normalized spacial score (nSPS) is 22.5. The molecule has 0 bridgehead atoms. The van der Waals surface area contributed by atoms with Crippen LogP contribution in [0.2, 0.25) is 0 Å². The Labute approximate surface area is 103 Å². The van der Waals surface area contributed by atoms with Gasteiger partial charge >= 0.3 is 0 Å². The number of carbonyl (C=O) groups is 1. The average molecular weight is 276 g/mol. The van der Waals surface area contributed by atoms with E-state index in [-0.39, 0.29) is 23.9 Å². The summed E-state index contributed by atoms with van der Waals surface area (Å²) in [5, 5.41) is 1.69. The van der Waals surface area contributed by atoms with E-state index in [0.717, 1.165) is 11.3 Å². The first kappa shape index (κ1) is 12.5. The minimum Gasteiger partial charge on any atom is -0.367 e. The minimum atomic E-state index is -3.52. The second-order valence-corrected chi connectivity index (χ2v) is 6.67. The summed E-state index contributed by atoms with van der Waals surface area (Å²) in [6, 6.07) is 3.21. The standard InChI is InChI=1S/C9H12N2O4S2/c10-9(12)7-6-11(3-4-15-7)17(13,14)8-2-1-5-16-8/h1-2,5,7H,3-4,6H2,(H2,10,12)/t7-/m1/s1. The van der Waals surface area contributed by atoms with Crippen molar-refractivity contribution < 1.29 is 17.9 Å². The smallest absolute Gasteiger partial charge is 0.252 e. The molecule has 1 aliphatic heterocycles. The van der Waals surface area contributed by atoms with E-state index in [2.05, 4.69) is 0 Å². The van der Waals surface area contributed by atoms with Gasteiger partial charge in [-0.15, -0.1) is 11.3 Å². The predicted octanol–water partition coefficient (Wildman–Crippen LogP) is -0.377. The first-order valence-electron chi connectivity index (χ1n) is 4.96. The lowest BCUT2D eigenvalue weighted by atomic mass is 10.3. The Morgan fingerprint density at radius 2 is 2.35 bits per heavy atom. The molecule has 1 aromatic heterocycles. The van der Waals surface area contributed by atoms with Gasteiger partial charge in [0.1, 0.15) is 10.3 Å². The maximum atomic E-state index is 12.1. The van der Waals surface area contributed by atoms with Crippen LogP contribution in [0, 0.1) is 0 Å². The molecule has 2 heterocycles. The Balaban J connectivity index is 2.20. The Hall–Kier alpha value is -0.960. The molecule has 1 atom stereocenters. The van der Waals surface area contributed by atoms with E-state index in [1.807, 2.05) is 0 Å². The number of carbonyl (C=O) groups excluding carboxylic acids is 1. The Bertz CT molecular complexity index is 497. The number of nitrogens with two attached hydrogens (primary N) is 1. The summed E-state index contributed by atoms with van der Waals surface area (Å²) in [4.78, 5) is 11.0. The van der Waals surface area contributed by atoms with Gasteiger partial charge in [0.15, 0.2) is 0 Å². The third-order valence-electron chi connectivity index (χ3n) is 2.44. The molecule has 6 nitrogen and oxygen atoms in total. The van der Waals surface area contributed by atoms with Gasteiger partial charge in [-0.05, 0) is 11.4 Å². The highest BCUT2D eigenvalue weighted by atomic mass is 32.2. The number of sulfonamides is 1. The van der Waals surface area contributed by atoms with Gasteiger partial charge in [-0.1, -0.05) is 6.07 Å². The van der Waals surface area contributed by atoms with Crippen molar-refractivity contribution in [2.24, 2.45) is 5.73 Å². The van der Waals surface area contributed by atoms with Crippen molar-refractivity contribution in [2.45, 2.75) is 10.3 Å². The van der Waals surface area contributed by atoms with E-state index in [0.29, 0.717) is 0 Å². The molecule has 1 aliphatic rings. The number of ether oxygens (including phenoxy) is 1. The highest BCUT2D eigenvalue weighted by Gasteiger charge is 2.33. The SMILES string of the molecule is NC(=O)[C@H]1CN(S(=O)(=O)c2cccs2)CCO1. The van der Waals surface area contributed by atoms with Gasteiger partial charge in [0, 0.05) is 13.1 Å². The molecule has 2 rings (SSSR count). The van der Waals surface area contributed by atoms with E-state index in [4.69, 9.17) is 10.5 Å². The topological polar surface area (TPSA) is 89.7 Å². The fourth-order valence-corrected chi connectivity index (χ4v) is 4.12. The number of hydrogen-bond donors (Lipinski definition) is 1. The Morgan fingerprint density at radius 3 is 2.94 bits per heavy atom.